The van der Waals surface area contributed by atoms with Gasteiger partial charge >= 0.3 is 0 Å². The minimum absolute atomic E-state index is 0.154. The van der Waals surface area contributed by atoms with Gasteiger partial charge in [-0.2, -0.15) is 10.2 Å². The smallest absolute Gasteiger partial charge is 0.248 e. The summed E-state index contributed by atoms with van der Waals surface area (Å²) in [6, 6.07) is 16.2. The number of piperazine rings is 1. The van der Waals surface area contributed by atoms with Crippen LogP contribution in [0, 0.1) is 17.2 Å². The monoisotopic (exact) mass is 570 g/mol. The lowest BCUT2D eigenvalue weighted by Crippen LogP contribution is -2.56. The molecular formula is C30H34N8O4. The molecule has 2 aromatic carbocycles. The maximum absolute atomic E-state index is 11.7. The van der Waals surface area contributed by atoms with Gasteiger partial charge in [-0.3, -0.25) is 9.69 Å². The number of aromatic nitrogens is 3. The van der Waals surface area contributed by atoms with E-state index in [0.717, 1.165) is 51.5 Å². The second kappa shape index (κ2) is 12.7. The normalized spacial score (nSPS) is 19.3. The van der Waals surface area contributed by atoms with Gasteiger partial charge in [0.05, 0.1) is 37.5 Å². The standard InChI is InChI=1S/C30H34N8O4/c31-14-22-11-23(13-27(12-22)42-17-21-5-6-38(15-21)28(40)16-39)29-32-20-33-30(35-29)34-24-1-3-25(4-2-24)36-7-9-37(10-8-36)26-18-41-19-26/h1-4,11-13,20-21,26,39H,5-10,15-19H2,(H,32,33,34,35). The van der Waals surface area contributed by atoms with Crippen LogP contribution < -0.4 is 15.0 Å². The molecule has 0 bridgehead atoms. The van der Waals surface area contributed by atoms with Crippen LogP contribution in [0.15, 0.2) is 48.8 Å². The largest absolute Gasteiger partial charge is 0.493 e. The molecule has 3 saturated heterocycles. The van der Waals surface area contributed by atoms with Gasteiger partial charge in [0.15, 0.2) is 5.82 Å². The molecule has 3 aliphatic heterocycles. The number of hydrogen-bond donors (Lipinski definition) is 2. The summed E-state index contributed by atoms with van der Waals surface area (Å²) in [5.74, 6) is 1.23. The van der Waals surface area contributed by atoms with Gasteiger partial charge in [-0.1, -0.05) is 0 Å². The second-order valence-corrected chi connectivity index (χ2v) is 10.8. The molecule has 218 valence electrons. The highest BCUT2D eigenvalue weighted by Gasteiger charge is 2.29. The first kappa shape index (κ1) is 27.8. The van der Waals surface area contributed by atoms with Gasteiger partial charge in [0.25, 0.3) is 0 Å². The molecule has 0 radical (unpaired) electrons. The van der Waals surface area contributed by atoms with Crippen LogP contribution in [0.1, 0.15) is 12.0 Å². The predicted molar refractivity (Wildman–Crippen MR) is 155 cm³/mol. The van der Waals surface area contributed by atoms with Crippen LogP contribution >= 0.6 is 0 Å². The first-order valence-corrected chi connectivity index (χ1v) is 14.3. The maximum Gasteiger partial charge on any atom is 0.248 e. The number of amides is 1. The van der Waals surface area contributed by atoms with Gasteiger partial charge in [0.1, 0.15) is 18.7 Å². The van der Waals surface area contributed by atoms with E-state index in [9.17, 15) is 10.1 Å². The molecule has 0 saturated carbocycles. The number of hydrogen-bond acceptors (Lipinski definition) is 11. The Morgan fingerprint density at radius 2 is 1.90 bits per heavy atom. The van der Waals surface area contributed by atoms with Gasteiger partial charge in [0, 0.05) is 62.1 Å². The van der Waals surface area contributed by atoms with E-state index in [1.165, 1.54) is 12.0 Å². The SMILES string of the molecule is N#Cc1cc(OCC2CCN(C(=O)CO)C2)cc(-c2ncnc(Nc3ccc(N4CCN(C5COC5)CC4)cc3)n2)c1. The number of aliphatic hydroxyl groups is 1. The van der Waals surface area contributed by atoms with Crippen molar-refractivity contribution in [3.05, 3.63) is 54.4 Å². The number of nitriles is 1. The highest BCUT2D eigenvalue weighted by atomic mass is 16.5. The Bertz CT molecular complexity index is 1430. The van der Waals surface area contributed by atoms with Crippen molar-refractivity contribution in [2.45, 2.75) is 12.5 Å². The van der Waals surface area contributed by atoms with E-state index in [1.807, 2.05) is 12.1 Å². The Morgan fingerprint density at radius 1 is 1.10 bits per heavy atom. The number of carbonyl (C=O) groups is 1. The maximum atomic E-state index is 11.7. The highest BCUT2D eigenvalue weighted by molar-refractivity contribution is 5.77. The summed E-state index contributed by atoms with van der Waals surface area (Å²) in [6.07, 6.45) is 2.24. The Morgan fingerprint density at radius 3 is 2.62 bits per heavy atom. The zero-order chi connectivity index (χ0) is 28.9. The number of nitrogens with zero attached hydrogens (tertiary/aromatic N) is 7. The van der Waals surface area contributed by atoms with Crippen LogP contribution in [0.4, 0.5) is 17.3 Å². The van der Waals surface area contributed by atoms with E-state index < -0.39 is 6.61 Å². The fourth-order valence-electron chi connectivity index (χ4n) is 5.54. The number of rotatable bonds is 9. The summed E-state index contributed by atoms with van der Waals surface area (Å²) in [5, 5.41) is 22.0. The number of likely N-dealkylation sites (tertiary alicyclic amines) is 1. The first-order chi connectivity index (χ1) is 20.6. The number of ether oxygens (including phenoxy) is 2. The summed E-state index contributed by atoms with van der Waals surface area (Å²) >= 11 is 0. The van der Waals surface area contributed by atoms with E-state index >= 15 is 0 Å². The molecular weight excluding hydrogens is 536 g/mol. The van der Waals surface area contributed by atoms with Gasteiger partial charge < -0.3 is 29.7 Å². The zero-order valence-electron chi connectivity index (χ0n) is 23.4. The Labute approximate surface area is 244 Å². The zero-order valence-corrected chi connectivity index (χ0v) is 23.4. The Hall–Kier alpha value is -4.31. The average molecular weight is 571 g/mol. The van der Waals surface area contributed by atoms with E-state index in [0.29, 0.717) is 54.4 Å². The van der Waals surface area contributed by atoms with Crippen LogP contribution in [-0.4, -0.2) is 108 Å². The molecule has 1 unspecified atom stereocenters. The number of aliphatic hydroxyl groups excluding tert-OH is 1. The Balaban J connectivity index is 1.08. The van der Waals surface area contributed by atoms with E-state index in [-0.39, 0.29) is 11.8 Å². The summed E-state index contributed by atoms with van der Waals surface area (Å²) in [5.41, 5.74) is 3.12. The minimum Gasteiger partial charge on any atom is -0.493 e. The molecule has 6 rings (SSSR count). The van der Waals surface area contributed by atoms with Crippen LogP contribution in [0.5, 0.6) is 5.75 Å². The average Bonchev–Trinajstić information content (AvgIpc) is 3.49. The number of benzene rings is 2. The van der Waals surface area contributed by atoms with Crippen LogP contribution in [0.2, 0.25) is 0 Å². The summed E-state index contributed by atoms with van der Waals surface area (Å²) in [6.45, 7) is 6.86. The summed E-state index contributed by atoms with van der Waals surface area (Å²) in [7, 11) is 0. The van der Waals surface area contributed by atoms with E-state index in [4.69, 9.17) is 14.6 Å². The van der Waals surface area contributed by atoms with Gasteiger partial charge in [0.2, 0.25) is 11.9 Å². The molecule has 1 amide bonds. The lowest BCUT2D eigenvalue weighted by atomic mass is 10.1. The molecule has 42 heavy (non-hydrogen) atoms. The van der Waals surface area contributed by atoms with Crippen molar-refractivity contribution in [1.82, 2.24) is 24.8 Å². The van der Waals surface area contributed by atoms with Crippen molar-refractivity contribution in [2.24, 2.45) is 5.92 Å². The molecule has 0 aliphatic carbocycles. The third-order valence-corrected chi connectivity index (χ3v) is 8.06. The summed E-state index contributed by atoms with van der Waals surface area (Å²) < 4.78 is 11.4. The molecule has 2 N–H and O–H groups in total. The number of nitrogens with one attached hydrogen (secondary N) is 1. The molecule has 3 fully saturated rings. The van der Waals surface area contributed by atoms with Crippen molar-refractivity contribution in [1.29, 1.82) is 5.26 Å². The first-order valence-electron chi connectivity index (χ1n) is 14.3. The van der Waals surface area contributed by atoms with Crippen molar-refractivity contribution < 1.29 is 19.4 Å². The molecule has 3 aliphatic rings. The van der Waals surface area contributed by atoms with E-state index in [2.05, 4.69) is 48.3 Å². The molecule has 12 nitrogen and oxygen atoms in total. The van der Waals surface area contributed by atoms with Crippen LogP contribution in [0.3, 0.4) is 0 Å². The van der Waals surface area contributed by atoms with E-state index in [1.54, 1.807) is 23.1 Å². The summed E-state index contributed by atoms with van der Waals surface area (Å²) in [4.78, 5) is 31.5. The topological polar surface area (TPSA) is 140 Å². The molecule has 12 heteroatoms. The molecule has 1 aromatic heterocycles. The second-order valence-electron chi connectivity index (χ2n) is 10.8. The molecule has 0 spiro atoms. The van der Waals surface area contributed by atoms with Crippen molar-refractivity contribution in [3.8, 4) is 23.2 Å². The third kappa shape index (κ3) is 6.44. The fraction of sp³-hybridized carbons (Fsp3) is 0.433. The molecule has 3 aromatic rings. The number of carbonyl (C=O) groups excluding carboxylic acids is 1. The molecule has 1 atom stereocenters. The van der Waals surface area contributed by atoms with Crippen molar-refractivity contribution in [2.75, 3.05) is 75.9 Å². The van der Waals surface area contributed by atoms with Crippen LogP contribution in [-0.2, 0) is 9.53 Å². The predicted octanol–water partition coefficient (Wildman–Crippen LogP) is 1.89. The Kier molecular flexibility index (Phi) is 8.41. The van der Waals surface area contributed by atoms with Gasteiger partial charge in [-0.05, 0) is 48.9 Å². The van der Waals surface area contributed by atoms with Gasteiger partial charge in [-0.25, -0.2) is 9.97 Å². The lowest BCUT2D eigenvalue weighted by Gasteiger charge is -2.43. The lowest BCUT2D eigenvalue weighted by molar-refractivity contribution is -0.133. The van der Waals surface area contributed by atoms with Gasteiger partial charge in [-0.15, -0.1) is 0 Å². The van der Waals surface area contributed by atoms with Crippen molar-refractivity contribution >= 4 is 23.2 Å². The van der Waals surface area contributed by atoms with Crippen LogP contribution in [0.25, 0.3) is 11.4 Å². The quantitative estimate of drug-likeness (QED) is 0.390. The minimum atomic E-state index is -0.482. The number of anilines is 3. The van der Waals surface area contributed by atoms with Crippen molar-refractivity contribution in [3.63, 3.8) is 0 Å². The third-order valence-electron chi connectivity index (χ3n) is 8.06. The molecule has 4 heterocycles. The fourth-order valence-corrected chi connectivity index (χ4v) is 5.54. The highest BCUT2D eigenvalue weighted by Crippen LogP contribution is 2.27.